The van der Waals surface area contributed by atoms with Crippen LogP contribution in [0.3, 0.4) is 0 Å². The molecule has 0 spiro atoms. The van der Waals surface area contributed by atoms with Crippen molar-refractivity contribution < 1.29 is 17.5 Å². The lowest BCUT2D eigenvalue weighted by Gasteiger charge is -2.29. The summed E-state index contributed by atoms with van der Waals surface area (Å²) in [6.45, 7) is 1.78. The number of nitrogens with zero attached hydrogens (tertiary/aromatic N) is 2. The molecular weight excluding hydrogens is 355 g/mol. The van der Waals surface area contributed by atoms with Gasteiger partial charge < -0.3 is 9.64 Å². The molecule has 0 saturated carbocycles. The molecule has 4 rings (SSSR count). The van der Waals surface area contributed by atoms with E-state index in [1.807, 2.05) is 11.9 Å². The van der Waals surface area contributed by atoms with Gasteiger partial charge >= 0.3 is 0 Å². The quantitative estimate of drug-likeness (QED) is 0.826. The lowest BCUT2D eigenvalue weighted by molar-refractivity contribution is 0.311. The maximum atomic E-state index is 13.3. The first-order chi connectivity index (χ1) is 12.5. The SMILES string of the molecule is CN1CCOc2ccc(S(=O)(=O)N3CCCC3c3ccc(F)cc3)cc21. The average molecular weight is 376 g/mol. The maximum Gasteiger partial charge on any atom is 0.243 e. The summed E-state index contributed by atoms with van der Waals surface area (Å²) in [4.78, 5) is 2.27. The molecule has 0 aliphatic carbocycles. The summed E-state index contributed by atoms with van der Waals surface area (Å²) in [6, 6.07) is 10.8. The molecule has 2 heterocycles. The molecule has 1 fully saturated rings. The second kappa shape index (κ2) is 6.55. The fraction of sp³-hybridized carbons (Fsp3) is 0.368. The van der Waals surface area contributed by atoms with E-state index in [0.29, 0.717) is 18.9 Å². The van der Waals surface area contributed by atoms with E-state index < -0.39 is 10.0 Å². The molecule has 0 radical (unpaired) electrons. The van der Waals surface area contributed by atoms with Gasteiger partial charge in [-0.05, 0) is 48.7 Å². The number of benzene rings is 2. The van der Waals surface area contributed by atoms with Gasteiger partial charge in [0.25, 0.3) is 0 Å². The summed E-state index contributed by atoms with van der Waals surface area (Å²) < 4.78 is 46.9. The van der Waals surface area contributed by atoms with Crippen molar-refractivity contribution in [3.63, 3.8) is 0 Å². The average Bonchev–Trinajstić information content (AvgIpc) is 3.13. The molecule has 1 atom stereocenters. The third-order valence-corrected chi connectivity index (χ3v) is 7.00. The van der Waals surface area contributed by atoms with Crippen LogP contribution in [0.4, 0.5) is 10.1 Å². The zero-order valence-electron chi connectivity index (χ0n) is 14.6. The van der Waals surface area contributed by atoms with Crippen molar-refractivity contribution in [3.05, 3.63) is 53.8 Å². The van der Waals surface area contributed by atoms with Crippen LogP contribution in [0.25, 0.3) is 0 Å². The second-order valence-electron chi connectivity index (χ2n) is 6.72. The van der Waals surface area contributed by atoms with Gasteiger partial charge in [-0.25, -0.2) is 12.8 Å². The predicted molar refractivity (Wildman–Crippen MR) is 97.5 cm³/mol. The Kier molecular flexibility index (Phi) is 4.36. The molecular formula is C19H21FN2O3S. The molecule has 138 valence electrons. The Morgan fingerprint density at radius 1 is 1.12 bits per heavy atom. The number of fused-ring (bicyclic) bond motifs is 1. The Labute approximate surface area is 153 Å². The van der Waals surface area contributed by atoms with Gasteiger partial charge in [-0.3, -0.25) is 0 Å². The van der Waals surface area contributed by atoms with Crippen LogP contribution in [0, 0.1) is 5.82 Å². The van der Waals surface area contributed by atoms with Crippen molar-refractivity contribution in [3.8, 4) is 5.75 Å². The molecule has 0 N–H and O–H groups in total. The Bertz CT molecular complexity index is 915. The molecule has 2 aliphatic heterocycles. The van der Waals surface area contributed by atoms with Gasteiger partial charge in [-0.2, -0.15) is 4.31 Å². The molecule has 0 amide bonds. The monoisotopic (exact) mass is 376 g/mol. The molecule has 0 aromatic heterocycles. The van der Waals surface area contributed by atoms with Gasteiger partial charge in [0.15, 0.2) is 0 Å². The Balaban J connectivity index is 1.69. The van der Waals surface area contributed by atoms with Crippen molar-refractivity contribution in [2.75, 3.05) is 31.6 Å². The highest BCUT2D eigenvalue weighted by Crippen LogP contribution is 2.39. The zero-order chi connectivity index (χ0) is 18.3. The van der Waals surface area contributed by atoms with E-state index in [1.165, 1.54) is 16.4 Å². The smallest absolute Gasteiger partial charge is 0.243 e. The normalized spacial score (nSPS) is 20.7. The van der Waals surface area contributed by atoms with E-state index in [0.717, 1.165) is 30.6 Å². The van der Waals surface area contributed by atoms with Crippen molar-refractivity contribution in [2.45, 2.75) is 23.8 Å². The molecule has 26 heavy (non-hydrogen) atoms. The Hall–Kier alpha value is -2.12. The van der Waals surface area contributed by atoms with Crippen molar-refractivity contribution in [1.29, 1.82) is 0 Å². The van der Waals surface area contributed by atoms with E-state index in [1.54, 1.807) is 30.3 Å². The largest absolute Gasteiger partial charge is 0.490 e. The summed E-state index contributed by atoms with van der Waals surface area (Å²) in [5, 5.41) is 0. The van der Waals surface area contributed by atoms with Gasteiger partial charge in [-0.15, -0.1) is 0 Å². The molecule has 1 unspecified atom stereocenters. The summed E-state index contributed by atoms with van der Waals surface area (Å²) in [7, 11) is -1.72. The first-order valence-corrected chi connectivity index (χ1v) is 10.2. The molecule has 2 aromatic carbocycles. The van der Waals surface area contributed by atoms with Crippen LogP contribution in [-0.4, -0.2) is 39.5 Å². The van der Waals surface area contributed by atoms with Crippen LogP contribution in [0.5, 0.6) is 5.75 Å². The number of likely N-dealkylation sites (N-methyl/N-ethyl adjacent to an activating group) is 1. The maximum absolute atomic E-state index is 13.3. The number of rotatable bonds is 3. The summed E-state index contributed by atoms with van der Waals surface area (Å²) in [6.07, 6.45) is 1.52. The van der Waals surface area contributed by atoms with E-state index in [2.05, 4.69) is 0 Å². The fourth-order valence-corrected chi connectivity index (χ4v) is 5.38. The lowest BCUT2D eigenvalue weighted by Crippen LogP contribution is -2.32. The number of sulfonamides is 1. The number of hydrogen-bond acceptors (Lipinski definition) is 4. The molecule has 1 saturated heterocycles. The molecule has 7 heteroatoms. The third-order valence-electron chi connectivity index (χ3n) is 5.09. The minimum atomic E-state index is -3.65. The number of hydrogen-bond donors (Lipinski definition) is 0. The number of halogens is 1. The van der Waals surface area contributed by atoms with E-state index >= 15 is 0 Å². The highest BCUT2D eigenvalue weighted by atomic mass is 32.2. The van der Waals surface area contributed by atoms with Crippen molar-refractivity contribution >= 4 is 15.7 Å². The van der Waals surface area contributed by atoms with Gasteiger partial charge in [0.1, 0.15) is 18.2 Å². The van der Waals surface area contributed by atoms with Crippen molar-refractivity contribution in [1.82, 2.24) is 4.31 Å². The van der Waals surface area contributed by atoms with Gasteiger partial charge in [0.05, 0.1) is 23.2 Å². The standard InChI is InChI=1S/C19H21FN2O3S/c1-21-11-12-25-19-9-8-16(13-18(19)21)26(23,24)22-10-2-3-17(22)14-4-6-15(20)7-5-14/h4-9,13,17H,2-3,10-12H2,1H3. The Morgan fingerprint density at radius 2 is 1.88 bits per heavy atom. The predicted octanol–water partition coefficient (Wildman–Crippen LogP) is 3.18. The topological polar surface area (TPSA) is 49.9 Å². The van der Waals surface area contributed by atoms with E-state index in [9.17, 15) is 12.8 Å². The second-order valence-corrected chi connectivity index (χ2v) is 8.62. The van der Waals surface area contributed by atoms with Gasteiger partial charge in [0.2, 0.25) is 10.0 Å². The number of ether oxygens (including phenoxy) is 1. The van der Waals surface area contributed by atoms with Crippen LogP contribution in [0.1, 0.15) is 24.4 Å². The van der Waals surface area contributed by atoms with Crippen LogP contribution in [0.2, 0.25) is 0 Å². The van der Waals surface area contributed by atoms with Crippen LogP contribution < -0.4 is 9.64 Å². The summed E-state index contributed by atoms with van der Waals surface area (Å²) >= 11 is 0. The molecule has 0 bridgehead atoms. The number of anilines is 1. The van der Waals surface area contributed by atoms with E-state index in [4.69, 9.17) is 4.74 Å². The van der Waals surface area contributed by atoms with Crippen LogP contribution in [0.15, 0.2) is 47.4 Å². The van der Waals surface area contributed by atoms with Gasteiger partial charge in [-0.1, -0.05) is 12.1 Å². The van der Waals surface area contributed by atoms with Gasteiger partial charge in [0, 0.05) is 13.6 Å². The highest BCUT2D eigenvalue weighted by Gasteiger charge is 2.36. The molecule has 2 aromatic rings. The highest BCUT2D eigenvalue weighted by molar-refractivity contribution is 7.89. The summed E-state index contributed by atoms with van der Waals surface area (Å²) in [5.74, 6) is 0.382. The van der Waals surface area contributed by atoms with E-state index in [-0.39, 0.29) is 16.8 Å². The molecule has 2 aliphatic rings. The lowest BCUT2D eigenvalue weighted by atomic mass is 10.1. The first-order valence-electron chi connectivity index (χ1n) is 8.72. The third kappa shape index (κ3) is 2.95. The van der Waals surface area contributed by atoms with Crippen LogP contribution in [-0.2, 0) is 10.0 Å². The minimum Gasteiger partial charge on any atom is -0.490 e. The van der Waals surface area contributed by atoms with Crippen molar-refractivity contribution in [2.24, 2.45) is 0 Å². The minimum absolute atomic E-state index is 0.259. The first kappa shape index (κ1) is 17.3. The fourth-order valence-electron chi connectivity index (χ4n) is 3.67. The Morgan fingerprint density at radius 3 is 2.65 bits per heavy atom. The summed E-state index contributed by atoms with van der Waals surface area (Å²) in [5.41, 5.74) is 1.61. The van der Waals surface area contributed by atoms with Crippen LogP contribution >= 0.6 is 0 Å². The molecule has 5 nitrogen and oxygen atoms in total. The zero-order valence-corrected chi connectivity index (χ0v) is 15.4.